The molecule has 1 heterocycles. The standard InChI is InChI=1S/C14H15N3O3/c1-10(9-13(18)19)16-14(20)11-3-5-12(6-4-11)17-8-2-7-15-17/h2-8,10H,9H2,1H3,(H,16,20)(H,18,19). The van der Waals surface area contributed by atoms with E-state index in [1.165, 1.54) is 0 Å². The molecule has 0 radical (unpaired) electrons. The molecule has 1 aromatic heterocycles. The van der Waals surface area contributed by atoms with E-state index in [1.54, 1.807) is 42.1 Å². The monoisotopic (exact) mass is 273 g/mol. The van der Waals surface area contributed by atoms with E-state index < -0.39 is 12.0 Å². The predicted molar refractivity (Wildman–Crippen MR) is 72.7 cm³/mol. The minimum atomic E-state index is -0.938. The molecule has 6 nitrogen and oxygen atoms in total. The molecule has 0 aliphatic rings. The topological polar surface area (TPSA) is 84.2 Å². The number of carboxylic acid groups (broad SMARTS) is 1. The summed E-state index contributed by atoms with van der Waals surface area (Å²) in [6.45, 7) is 1.66. The van der Waals surface area contributed by atoms with Crippen molar-refractivity contribution < 1.29 is 14.7 Å². The van der Waals surface area contributed by atoms with E-state index >= 15 is 0 Å². The van der Waals surface area contributed by atoms with Crippen molar-refractivity contribution in [3.05, 3.63) is 48.3 Å². The van der Waals surface area contributed by atoms with Crippen molar-refractivity contribution >= 4 is 11.9 Å². The molecule has 104 valence electrons. The molecular weight excluding hydrogens is 258 g/mol. The lowest BCUT2D eigenvalue weighted by Crippen LogP contribution is -2.34. The Morgan fingerprint density at radius 3 is 2.60 bits per heavy atom. The molecule has 2 aromatic rings. The van der Waals surface area contributed by atoms with Crippen molar-refractivity contribution in [2.24, 2.45) is 0 Å². The van der Waals surface area contributed by atoms with E-state index in [4.69, 9.17) is 5.11 Å². The number of hydrogen-bond donors (Lipinski definition) is 2. The van der Waals surface area contributed by atoms with Gasteiger partial charge >= 0.3 is 5.97 Å². The Morgan fingerprint density at radius 1 is 1.35 bits per heavy atom. The number of rotatable bonds is 5. The van der Waals surface area contributed by atoms with Gasteiger partial charge in [-0.05, 0) is 37.3 Å². The van der Waals surface area contributed by atoms with Gasteiger partial charge in [-0.25, -0.2) is 4.68 Å². The normalized spacial score (nSPS) is 11.8. The molecule has 2 rings (SSSR count). The molecule has 1 atom stereocenters. The zero-order chi connectivity index (χ0) is 14.5. The van der Waals surface area contributed by atoms with Crippen molar-refractivity contribution in [2.75, 3.05) is 0 Å². The highest BCUT2D eigenvalue weighted by Crippen LogP contribution is 2.09. The first kappa shape index (κ1) is 13.8. The molecule has 0 aliphatic carbocycles. The van der Waals surface area contributed by atoms with Gasteiger partial charge in [-0.15, -0.1) is 0 Å². The van der Waals surface area contributed by atoms with Crippen LogP contribution in [-0.2, 0) is 4.79 Å². The number of carbonyl (C=O) groups excluding carboxylic acids is 1. The van der Waals surface area contributed by atoms with Gasteiger partial charge < -0.3 is 10.4 Å². The number of benzene rings is 1. The van der Waals surface area contributed by atoms with E-state index in [0.717, 1.165) is 5.69 Å². The first-order chi connectivity index (χ1) is 9.56. The fourth-order valence-corrected chi connectivity index (χ4v) is 1.81. The number of carboxylic acids is 1. The van der Waals surface area contributed by atoms with Crippen LogP contribution in [-0.4, -0.2) is 32.8 Å². The smallest absolute Gasteiger partial charge is 0.305 e. The van der Waals surface area contributed by atoms with Gasteiger partial charge in [0.25, 0.3) is 5.91 Å². The summed E-state index contributed by atoms with van der Waals surface area (Å²) in [7, 11) is 0. The summed E-state index contributed by atoms with van der Waals surface area (Å²) in [6.07, 6.45) is 3.38. The van der Waals surface area contributed by atoms with Crippen LogP contribution < -0.4 is 5.32 Å². The highest BCUT2D eigenvalue weighted by molar-refractivity contribution is 5.94. The third-order valence-electron chi connectivity index (χ3n) is 2.76. The molecule has 6 heteroatoms. The van der Waals surface area contributed by atoms with Gasteiger partial charge in [0.05, 0.1) is 12.1 Å². The van der Waals surface area contributed by atoms with Crippen molar-refractivity contribution in [3.8, 4) is 5.69 Å². The maximum atomic E-state index is 11.9. The Labute approximate surface area is 116 Å². The zero-order valence-corrected chi connectivity index (χ0v) is 11.0. The molecule has 1 aromatic carbocycles. The lowest BCUT2D eigenvalue weighted by Gasteiger charge is -2.11. The molecule has 1 amide bonds. The predicted octanol–water partition coefficient (Wildman–Crippen LogP) is 1.47. The van der Waals surface area contributed by atoms with E-state index in [0.29, 0.717) is 5.56 Å². The first-order valence-corrected chi connectivity index (χ1v) is 6.19. The second-order valence-corrected chi connectivity index (χ2v) is 4.47. The van der Waals surface area contributed by atoms with Gasteiger partial charge in [0.15, 0.2) is 0 Å². The molecule has 0 fully saturated rings. The van der Waals surface area contributed by atoms with Crippen molar-refractivity contribution in [1.82, 2.24) is 15.1 Å². The summed E-state index contributed by atoms with van der Waals surface area (Å²) >= 11 is 0. The van der Waals surface area contributed by atoms with Crippen LogP contribution in [0.4, 0.5) is 0 Å². The Bertz CT molecular complexity index is 591. The number of amides is 1. The van der Waals surface area contributed by atoms with Gasteiger partial charge in [-0.3, -0.25) is 9.59 Å². The first-order valence-electron chi connectivity index (χ1n) is 6.19. The van der Waals surface area contributed by atoms with Crippen LogP contribution in [0.1, 0.15) is 23.7 Å². The summed E-state index contributed by atoms with van der Waals surface area (Å²) in [6, 6.07) is 8.33. The average molecular weight is 273 g/mol. The SMILES string of the molecule is CC(CC(=O)O)NC(=O)c1ccc(-n2cccn2)cc1. The number of aromatic nitrogens is 2. The Kier molecular flexibility index (Phi) is 4.14. The summed E-state index contributed by atoms with van der Waals surface area (Å²) < 4.78 is 1.69. The number of nitrogens with one attached hydrogen (secondary N) is 1. The molecular formula is C14H15N3O3. The molecule has 0 saturated carbocycles. The third-order valence-corrected chi connectivity index (χ3v) is 2.76. The summed E-state index contributed by atoms with van der Waals surface area (Å²) in [5, 5.41) is 15.4. The molecule has 2 N–H and O–H groups in total. The second-order valence-electron chi connectivity index (χ2n) is 4.47. The van der Waals surface area contributed by atoms with E-state index in [2.05, 4.69) is 10.4 Å². The largest absolute Gasteiger partial charge is 0.481 e. The van der Waals surface area contributed by atoms with E-state index in [-0.39, 0.29) is 12.3 Å². The van der Waals surface area contributed by atoms with Crippen LogP contribution in [0, 0.1) is 0 Å². The van der Waals surface area contributed by atoms with Crippen LogP contribution in [0.3, 0.4) is 0 Å². The fraction of sp³-hybridized carbons (Fsp3) is 0.214. The average Bonchev–Trinajstić information content (AvgIpc) is 2.91. The molecule has 0 saturated heterocycles. The van der Waals surface area contributed by atoms with Gasteiger partial charge in [0.1, 0.15) is 0 Å². The molecule has 0 spiro atoms. The quantitative estimate of drug-likeness (QED) is 0.864. The number of aliphatic carboxylic acids is 1. The third kappa shape index (κ3) is 3.44. The molecule has 0 aliphatic heterocycles. The number of carbonyl (C=O) groups is 2. The maximum absolute atomic E-state index is 11.9. The fourth-order valence-electron chi connectivity index (χ4n) is 1.81. The Balaban J connectivity index is 2.02. The van der Waals surface area contributed by atoms with Gasteiger partial charge in [0.2, 0.25) is 0 Å². The second kappa shape index (κ2) is 6.01. The van der Waals surface area contributed by atoms with Crippen LogP contribution in [0.15, 0.2) is 42.7 Å². The Hall–Kier alpha value is -2.63. The molecule has 1 unspecified atom stereocenters. The van der Waals surface area contributed by atoms with E-state index in [9.17, 15) is 9.59 Å². The van der Waals surface area contributed by atoms with Gasteiger partial charge in [-0.2, -0.15) is 5.10 Å². The van der Waals surface area contributed by atoms with Gasteiger partial charge in [0, 0.05) is 24.0 Å². The maximum Gasteiger partial charge on any atom is 0.305 e. The number of nitrogens with zero attached hydrogens (tertiary/aromatic N) is 2. The highest BCUT2D eigenvalue weighted by atomic mass is 16.4. The van der Waals surface area contributed by atoms with Crippen LogP contribution in [0.25, 0.3) is 5.69 Å². The molecule has 20 heavy (non-hydrogen) atoms. The Morgan fingerprint density at radius 2 is 2.05 bits per heavy atom. The minimum absolute atomic E-state index is 0.100. The summed E-state index contributed by atoms with van der Waals surface area (Å²) in [5.74, 6) is -1.22. The van der Waals surface area contributed by atoms with Gasteiger partial charge in [-0.1, -0.05) is 0 Å². The zero-order valence-electron chi connectivity index (χ0n) is 11.0. The van der Waals surface area contributed by atoms with Crippen molar-refractivity contribution in [2.45, 2.75) is 19.4 Å². The lowest BCUT2D eigenvalue weighted by molar-refractivity contribution is -0.137. The molecule has 0 bridgehead atoms. The van der Waals surface area contributed by atoms with Crippen LogP contribution in [0.2, 0.25) is 0 Å². The van der Waals surface area contributed by atoms with E-state index in [1.807, 2.05) is 12.3 Å². The van der Waals surface area contributed by atoms with Crippen LogP contribution >= 0.6 is 0 Å². The summed E-state index contributed by atoms with van der Waals surface area (Å²) in [5.41, 5.74) is 1.34. The van der Waals surface area contributed by atoms with Crippen molar-refractivity contribution in [1.29, 1.82) is 0 Å². The highest BCUT2D eigenvalue weighted by Gasteiger charge is 2.12. The van der Waals surface area contributed by atoms with Crippen LogP contribution in [0.5, 0.6) is 0 Å². The number of hydrogen-bond acceptors (Lipinski definition) is 3. The minimum Gasteiger partial charge on any atom is -0.481 e. The summed E-state index contributed by atoms with van der Waals surface area (Å²) in [4.78, 5) is 22.5. The lowest BCUT2D eigenvalue weighted by atomic mass is 10.1. The van der Waals surface area contributed by atoms with Crippen molar-refractivity contribution in [3.63, 3.8) is 0 Å².